The first-order chi connectivity index (χ1) is 17.9. The third kappa shape index (κ3) is 6.79. The summed E-state index contributed by atoms with van der Waals surface area (Å²) >= 11 is 0. The van der Waals surface area contributed by atoms with Crippen LogP contribution in [0.25, 0.3) is 5.57 Å². The van der Waals surface area contributed by atoms with E-state index in [1.807, 2.05) is 78.9 Å². The Morgan fingerprint density at radius 2 is 1.54 bits per heavy atom. The van der Waals surface area contributed by atoms with Gasteiger partial charge in [0.15, 0.2) is 5.76 Å². The van der Waals surface area contributed by atoms with Gasteiger partial charge in [-0.1, -0.05) is 54.6 Å². The van der Waals surface area contributed by atoms with E-state index in [9.17, 15) is 9.59 Å². The van der Waals surface area contributed by atoms with Gasteiger partial charge in [-0.05, 0) is 47.4 Å². The predicted molar refractivity (Wildman–Crippen MR) is 141 cm³/mol. The Morgan fingerprint density at radius 3 is 2.11 bits per heavy atom. The van der Waals surface area contributed by atoms with Crippen molar-refractivity contribution in [2.45, 2.75) is 19.3 Å². The number of benzene rings is 3. The molecule has 0 radical (unpaired) electrons. The lowest BCUT2D eigenvalue weighted by Crippen LogP contribution is -2.24. The molecule has 0 fully saturated rings. The van der Waals surface area contributed by atoms with Gasteiger partial charge in [0.25, 0.3) is 5.91 Å². The fourth-order valence-corrected chi connectivity index (χ4v) is 3.97. The Balaban J connectivity index is 1.63. The van der Waals surface area contributed by atoms with Crippen LogP contribution in [0.1, 0.15) is 23.1 Å². The molecule has 2 amide bonds. The number of likely N-dealkylation sites (N-methyl/N-ethyl adjacent to an activating group) is 1. The second-order valence-electron chi connectivity index (χ2n) is 8.86. The number of nitrogens with two attached hydrogens (primary N) is 1. The summed E-state index contributed by atoms with van der Waals surface area (Å²) in [5.41, 5.74) is 9.33. The zero-order valence-electron chi connectivity index (χ0n) is 21.0. The van der Waals surface area contributed by atoms with Gasteiger partial charge in [0.05, 0.1) is 5.57 Å². The van der Waals surface area contributed by atoms with Crippen molar-refractivity contribution in [2.24, 2.45) is 5.73 Å². The Bertz CT molecular complexity index is 1290. The van der Waals surface area contributed by atoms with Crippen LogP contribution in [-0.4, -0.2) is 37.6 Å². The summed E-state index contributed by atoms with van der Waals surface area (Å²) in [7, 11) is 3.46. The molecule has 0 aliphatic carbocycles. The molecule has 37 heavy (non-hydrogen) atoms. The van der Waals surface area contributed by atoms with Crippen molar-refractivity contribution in [2.75, 3.05) is 20.9 Å². The van der Waals surface area contributed by atoms with Crippen LogP contribution in [0.5, 0.6) is 11.5 Å². The lowest BCUT2D eigenvalue weighted by molar-refractivity contribution is -0.122. The number of hydrogen-bond donors (Lipinski definition) is 1. The monoisotopic (exact) mass is 498 g/mol. The van der Waals surface area contributed by atoms with E-state index in [1.54, 1.807) is 25.3 Å². The highest BCUT2D eigenvalue weighted by molar-refractivity contribution is 6.21. The molecule has 0 spiro atoms. The number of ether oxygens (including phenoxy) is 3. The van der Waals surface area contributed by atoms with E-state index in [2.05, 4.69) is 0 Å². The van der Waals surface area contributed by atoms with Crippen LogP contribution >= 0.6 is 0 Å². The summed E-state index contributed by atoms with van der Waals surface area (Å²) in [6.07, 6.45) is 2.97. The second-order valence-corrected chi connectivity index (χ2v) is 8.86. The van der Waals surface area contributed by atoms with Crippen molar-refractivity contribution in [3.63, 3.8) is 0 Å². The summed E-state index contributed by atoms with van der Waals surface area (Å²) in [5.74, 6) is 1.39. The van der Waals surface area contributed by atoms with E-state index in [0.29, 0.717) is 42.1 Å². The maximum absolute atomic E-state index is 13.4. The number of allylic oxidation sites excluding steroid dienone is 1. The highest BCUT2D eigenvalue weighted by atomic mass is 16.7. The number of nitrogens with zero attached hydrogens (tertiary/aromatic N) is 1. The van der Waals surface area contributed by atoms with E-state index < -0.39 is 0 Å². The second kappa shape index (κ2) is 11.9. The van der Waals surface area contributed by atoms with E-state index in [-0.39, 0.29) is 18.6 Å². The quantitative estimate of drug-likeness (QED) is 0.405. The molecule has 4 rings (SSSR count). The molecule has 3 aromatic carbocycles. The fourth-order valence-electron chi connectivity index (χ4n) is 3.97. The molecule has 1 aliphatic heterocycles. The van der Waals surface area contributed by atoms with Crippen LogP contribution in [0.4, 0.5) is 0 Å². The van der Waals surface area contributed by atoms with E-state index >= 15 is 0 Å². The molecular formula is C30H30N2O5. The van der Waals surface area contributed by atoms with Gasteiger partial charge in [-0.25, -0.2) is 0 Å². The first-order valence-electron chi connectivity index (χ1n) is 12.0. The van der Waals surface area contributed by atoms with Crippen molar-refractivity contribution < 1.29 is 23.8 Å². The number of carbonyl (C=O) groups excluding carboxylic acids is 2. The van der Waals surface area contributed by atoms with Crippen LogP contribution in [0.15, 0.2) is 96.5 Å². The number of hydrogen-bond acceptors (Lipinski definition) is 5. The van der Waals surface area contributed by atoms with Crippen molar-refractivity contribution in [3.05, 3.63) is 113 Å². The smallest absolute Gasteiger partial charge is 0.254 e. The minimum Gasteiger partial charge on any atom is -0.461 e. The average molecular weight is 499 g/mol. The van der Waals surface area contributed by atoms with Crippen LogP contribution in [-0.2, 0) is 31.9 Å². The summed E-state index contributed by atoms with van der Waals surface area (Å²) in [5, 5.41) is 0. The first kappa shape index (κ1) is 25.6. The Morgan fingerprint density at radius 1 is 0.892 bits per heavy atom. The summed E-state index contributed by atoms with van der Waals surface area (Å²) < 4.78 is 17.1. The molecule has 0 saturated carbocycles. The molecule has 0 atom stereocenters. The predicted octanol–water partition coefficient (Wildman–Crippen LogP) is 4.83. The number of rotatable bonds is 10. The third-order valence-electron chi connectivity index (χ3n) is 5.88. The minimum atomic E-state index is -0.322. The Kier molecular flexibility index (Phi) is 8.26. The molecule has 7 nitrogen and oxygen atoms in total. The molecular weight excluding hydrogens is 468 g/mol. The van der Waals surface area contributed by atoms with Gasteiger partial charge >= 0.3 is 0 Å². The summed E-state index contributed by atoms with van der Waals surface area (Å²) in [4.78, 5) is 26.0. The number of aryl methyl sites for hydroxylation is 1. The Hall–Kier alpha value is -4.52. The topological polar surface area (TPSA) is 91.1 Å². The fraction of sp³-hybridized carbons (Fsp3) is 0.200. The summed E-state index contributed by atoms with van der Waals surface area (Å²) in [6, 6.07) is 24.9. The molecule has 1 aliphatic rings. The van der Waals surface area contributed by atoms with Gasteiger partial charge in [-0.15, -0.1) is 0 Å². The van der Waals surface area contributed by atoms with Crippen molar-refractivity contribution in [3.8, 4) is 11.5 Å². The van der Waals surface area contributed by atoms with Gasteiger partial charge in [0.1, 0.15) is 17.8 Å². The molecule has 0 bridgehead atoms. The van der Waals surface area contributed by atoms with Crippen molar-refractivity contribution in [1.82, 2.24) is 4.90 Å². The van der Waals surface area contributed by atoms with Crippen LogP contribution in [0.2, 0.25) is 0 Å². The van der Waals surface area contributed by atoms with Gasteiger partial charge < -0.3 is 24.8 Å². The average Bonchev–Trinajstić information content (AvgIpc) is 3.44. The lowest BCUT2D eigenvalue weighted by Gasteiger charge is -2.19. The molecule has 0 unspecified atom stereocenters. The molecule has 2 N–H and O–H groups in total. The van der Waals surface area contributed by atoms with Crippen molar-refractivity contribution >= 4 is 17.4 Å². The highest BCUT2D eigenvalue weighted by Crippen LogP contribution is 2.32. The molecule has 3 aromatic rings. The number of primary amides is 1. The van der Waals surface area contributed by atoms with Crippen molar-refractivity contribution in [1.29, 1.82) is 0 Å². The SMILES string of the molecule is CN(C)C(=O)C(=C(Cc1ccccc1)C1=COCO1)c1ccc(Oc2ccc(CCC(N)=O)cc2)cc1. The maximum Gasteiger partial charge on any atom is 0.254 e. The van der Waals surface area contributed by atoms with Gasteiger partial charge in [-0.3, -0.25) is 9.59 Å². The summed E-state index contributed by atoms with van der Waals surface area (Å²) in [6.45, 7) is 0.116. The van der Waals surface area contributed by atoms with E-state index in [0.717, 1.165) is 22.3 Å². The number of amides is 2. The molecule has 7 heteroatoms. The molecule has 190 valence electrons. The zero-order chi connectivity index (χ0) is 26.2. The first-order valence-corrected chi connectivity index (χ1v) is 12.0. The van der Waals surface area contributed by atoms with E-state index in [4.69, 9.17) is 19.9 Å². The Labute approximate surface area is 216 Å². The van der Waals surface area contributed by atoms with Gasteiger partial charge in [0, 0.05) is 32.5 Å². The third-order valence-corrected chi connectivity index (χ3v) is 5.88. The van der Waals surface area contributed by atoms with Crippen LogP contribution < -0.4 is 10.5 Å². The maximum atomic E-state index is 13.4. The normalized spacial score (nSPS) is 13.1. The molecule has 0 aromatic heterocycles. The largest absolute Gasteiger partial charge is 0.461 e. The standard InChI is InChI=1S/C30H30N2O5/c1-32(2)30(34)29(26(27-19-35-20-36-27)18-22-6-4-3-5-7-22)23-11-15-25(16-12-23)37-24-13-8-21(9-14-24)10-17-28(31)33/h3-9,11-16,19H,10,17-18,20H2,1-2H3,(H2,31,33). The van der Waals surface area contributed by atoms with Gasteiger partial charge in [-0.2, -0.15) is 0 Å². The van der Waals surface area contributed by atoms with Gasteiger partial charge in [0.2, 0.25) is 12.7 Å². The number of carbonyl (C=O) groups is 2. The molecule has 1 heterocycles. The highest BCUT2D eigenvalue weighted by Gasteiger charge is 2.25. The van der Waals surface area contributed by atoms with E-state index in [1.165, 1.54) is 0 Å². The van der Waals surface area contributed by atoms with Crippen LogP contribution in [0, 0.1) is 0 Å². The lowest BCUT2D eigenvalue weighted by atomic mass is 9.92. The van der Waals surface area contributed by atoms with Crippen LogP contribution in [0.3, 0.4) is 0 Å². The minimum absolute atomic E-state index is 0.116. The zero-order valence-corrected chi connectivity index (χ0v) is 21.0. The molecule has 0 saturated heterocycles.